The number of benzene rings is 1. The molecular formula is C16H25NO. The van der Waals surface area contributed by atoms with Gasteiger partial charge in [-0.15, -0.1) is 0 Å². The van der Waals surface area contributed by atoms with E-state index in [0.717, 1.165) is 5.56 Å². The van der Waals surface area contributed by atoms with Crippen LogP contribution in [0, 0.1) is 5.92 Å². The summed E-state index contributed by atoms with van der Waals surface area (Å²) < 4.78 is 0. The van der Waals surface area contributed by atoms with E-state index >= 15 is 0 Å². The van der Waals surface area contributed by atoms with Crippen LogP contribution in [0.3, 0.4) is 0 Å². The molecule has 2 heteroatoms. The van der Waals surface area contributed by atoms with Crippen molar-refractivity contribution in [2.45, 2.75) is 53.0 Å². The quantitative estimate of drug-likeness (QED) is 0.864. The topological polar surface area (TPSA) is 29.1 Å². The van der Waals surface area contributed by atoms with E-state index in [-0.39, 0.29) is 23.3 Å². The summed E-state index contributed by atoms with van der Waals surface area (Å²) in [5, 5.41) is 3.01. The minimum Gasteiger partial charge on any atom is -0.349 e. The minimum absolute atomic E-state index is 0.0290. The van der Waals surface area contributed by atoms with E-state index in [1.807, 2.05) is 20.8 Å². The van der Waals surface area contributed by atoms with Crippen molar-refractivity contribution >= 4 is 5.91 Å². The summed E-state index contributed by atoms with van der Waals surface area (Å²) in [6.45, 7) is 12.4. The molecule has 0 radical (unpaired) electrons. The fraction of sp³-hybridized carbons (Fsp3) is 0.562. The second-order valence-corrected chi connectivity index (χ2v) is 6.26. The fourth-order valence-corrected chi connectivity index (χ4v) is 1.74. The van der Waals surface area contributed by atoms with E-state index in [1.165, 1.54) is 5.56 Å². The molecule has 1 atom stereocenters. The Balaban J connectivity index is 2.76. The summed E-state index contributed by atoms with van der Waals surface area (Å²) in [5.74, 6) is 0.128. The van der Waals surface area contributed by atoms with Gasteiger partial charge in [-0.1, -0.05) is 58.9 Å². The van der Waals surface area contributed by atoms with Gasteiger partial charge in [-0.2, -0.15) is 0 Å². The zero-order valence-electron chi connectivity index (χ0n) is 12.4. The van der Waals surface area contributed by atoms with Crippen molar-refractivity contribution in [2.75, 3.05) is 0 Å². The molecule has 0 bridgehead atoms. The lowest BCUT2D eigenvalue weighted by molar-refractivity contribution is -0.124. The summed E-state index contributed by atoms with van der Waals surface area (Å²) in [4.78, 5) is 11.6. The first-order valence-electron chi connectivity index (χ1n) is 6.62. The van der Waals surface area contributed by atoms with E-state index in [2.05, 4.69) is 50.4 Å². The van der Waals surface area contributed by atoms with Gasteiger partial charge in [0.1, 0.15) is 0 Å². The maximum Gasteiger partial charge on any atom is 0.223 e. The molecule has 1 aromatic rings. The molecule has 0 aromatic heterocycles. The average molecular weight is 247 g/mol. The highest BCUT2D eigenvalue weighted by Crippen LogP contribution is 2.23. The normalized spacial score (nSPS) is 13.5. The van der Waals surface area contributed by atoms with Crippen LogP contribution in [0.2, 0.25) is 0 Å². The Morgan fingerprint density at radius 2 is 1.56 bits per heavy atom. The third kappa shape index (κ3) is 3.86. The maximum absolute atomic E-state index is 11.6. The Hall–Kier alpha value is -1.31. The number of carbonyl (C=O) groups is 1. The third-order valence-corrected chi connectivity index (χ3v) is 3.16. The van der Waals surface area contributed by atoms with Crippen molar-refractivity contribution in [1.29, 1.82) is 0 Å². The van der Waals surface area contributed by atoms with Crippen LogP contribution in [0.1, 0.15) is 58.7 Å². The first-order valence-corrected chi connectivity index (χ1v) is 6.62. The largest absolute Gasteiger partial charge is 0.349 e. The van der Waals surface area contributed by atoms with E-state index in [0.29, 0.717) is 0 Å². The molecule has 0 aliphatic carbocycles. The molecule has 0 unspecified atom stereocenters. The maximum atomic E-state index is 11.6. The first kappa shape index (κ1) is 14.7. The predicted molar refractivity (Wildman–Crippen MR) is 76.5 cm³/mol. The van der Waals surface area contributed by atoms with Crippen molar-refractivity contribution in [3.8, 4) is 0 Å². The first-order chi connectivity index (χ1) is 8.21. The lowest BCUT2D eigenvalue weighted by Crippen LogP contribution is -2.30. The van der Waals surface area contributed by atoms with Gasteiger partial charge in [-0.05, 0) is 23.5 Å². The van der Waals surface area contributed by atoms with Gasteiger partial charge in [0, 0.05) is 5.92 Å². The highest BCUT2D eigenvalue weighted by atomic mass is 16.1. The summed E-state index contributed by atoms with van der Waals surface area (Å²) in [6.07, 6.45) is 0. The van der Waals surface area contributed by atoms with Gasteiger partial charge < -0.3 is 5.32 Å². The predicted octanol–water partition coefficient (Wildman–Crippen LogP) is 3.82. The van der Waals surface area contributed by atoms with Crippen LogP contribution >= 0.6 is 0 Å². The number of rotatable bonds is 3. The second-order valence-electron chi connectivity index (χ2n) is 6.26. The van der Waals surface area contributed by atoms with E-state index in [9.17, 15) is 4.79 Å². The number of carbonyl (C=O) groups excluding carboxylic acids is 1. The zero-order chi connectivity index (χ0) is 13.9. The monoisotopic (exact) mass is 247 g/mol. The molecule has 2 nitrogen and oxygen atoms in total. The van der Waals surface area contributed by atoms with E-state index in [1.54, 1.807) is 0 Å². The summed E-state index contributed by atoms with van der Waals surface area (Å²) in [5.41, 5.74) is 2.63. The molecule has 100 valence electrons. The number of hydrogen-bond donors (Lipinski definition) is 1. The standard InChI is InChI=1S/C16H25NO/c1-11(2)15(18)17-12(3)13-7-9-14(10-8-13)16(4,5)6/h7-12H,1-6H3,(H,17,18)/t12-/m1/s1. The van der Waals surface area contributed by atoms with Gasteiger partial charge in [0.25, 0.3) is 0 Å². The molecule has 0 aliphatic heterocycles. The number of nitrogens with one attached hydrogen (secondary N) is 1. The fourth-order valence-electron chi connectivity index (χ4n) is 1.74. The molecule has 0 spiro atoms. The highest BCUT2D eigenvalue weighted by molar-refractivity contribution is 5.78. The van der Waals surface area contributed by atoms with Crippen LogP contribution in [0.5, 0.6) is 0 Å². The molecule has 0 fully saturated rings. The van der Waals surface area contributed by atoms with Gasteiger partial charge >= 0.3 is 0 Å². The highest BCUT2D eigenvalue weighted by Gasteiger charge is 2.15. The third-order valence-electron chi connectivity index (χ3n) is 3.16. The smallest absolute Gasteiger partial charge is 0.223 e. The van der Waals surface area contributed by atoms with Gasteiger partial charge in [-0.25, -0.2) is 0 Å². The van der Waals surface area contributed by atoms with Gasteiger partial charge in [0.05, 0.1) is 6.04 Å². The molecule has 18 heavy (non-hydrogen) atoms. The average Bonchev–Trinajstić information content (AvgIpc) is 2.27. The minimum atomic E-state index is 0.0290. The van der Waals surface area contributed by atoms with Crippen LogP contribution in [0.25, 0.3) is 0 Å². The zero-order valence-corrected chi connectivity index (χ0v) is 12.4. The Bertz CT molecular complexity index is 398. The molecular weight excluding hydrogens is 222 g/mol. The molecule has 1 rings (SSSR count). The molecule has 1 aromatic carbocycles. The van der Waals surface area contributed by atoms with Crippen LogP contribution in [0.4, 0.5) is 0 Å². The molecule has 0 aliphatic rings. The van der Waals surface area contributed by atoms with Crippen molar-refractivity contribution < 1.29 is 4.79 Å². The molecule has 0 saturated heterocycles. The summed E-state index contributed by atoms with van der Waals surface area (Å²) in [6, 6.07) is 8.56. The van der Waals surface area contributed by atoms with Crippen LogP contribution in [0.15, 0.2) is 24.3 Å². The summed E-state index contributed by atoms with van der Waals surface area (Å²) >= 11 is 0. The Labute approximate surface area is 111 Å². The molecule has 1 amide bonds. The number of amides is 1. The van der Waals surface area contributed by atoms with Crippen LogP contribution in [-0.4, -0.2) is 5.91 Å². The Morgan fingerprint density at radius 3 is 1.94 bits per heavy atom. The van der Waals surface area contributed by atoms with Crippen molar-refractivity contribution in [2.24, 2.45) is 5.92 Å². The lowest BCUT2D eigenvalue weighted by atomic mass is 9.86. The van der Waals surface area contributed by atoms with Gasteiger partial charge in [-0.3, -0.25) is 4.79 Å². The number of hydrogen-bond acceptors (Lipinski definition) is 1. The Morgan fingerprint density at radius 1 is 1.06 bits per heavy atom. The van der Waals surface area contributed by atoms with Gasteiger partial charge in [0.15, 0.2) is 0 Å². The second kappa shape index (κ2) is 5.55. The van der Waals surface area contributed by atoms with Gasteiger partial charge in [0.2, 0.25) is 5.91 Å². The van der Waals surface area contributed by atoms with Crippen molar-refractivity contribution in [1.82, 2.24) is 5.32 Å². The summed E-state index contributed by atoms with van der Waals surface area (Å²) in [7, 11) is 0. The molecule has 0 heterocycles. The lowest BCUT2D eigenvalue weighted by Gasteiger charge is -2.21. The van der Waals surface area contributed by atoms with Crippen LogP contribution in [-0.2, 0) is 10.2 Å². The molecule has 0 saturated carbocycles. The van der Waals surface area contributed by atoms with Crippen LogP contribution < -0.4 is 5.32 Å². The van der Waals surface area contributed by atoms with Crippen molar-refractivity contribution in [3.63, 3.8) is 0 Å². The Kier molecular flexibility index (Phi) is 4.55. The molecule has 1 N–H and O–H groups in total. The van der Waals surface area contributed by atoms with E-state index in [4.69, 9.17) is 0 Å². The van der Waals surface area contributed by atoms with Crippen molar-refractivity contribution in [3.05, 3.63) is 35.4 Å². The SMILES string of the molecule is CC(C)C(=O)N[C@H](C)c1ccc(C(C)(C)C)cc1. The van der Waals surface area contributed by atoms with E-state index < -0.39 is 0 Å².